The summed E-state index contributed by atoms with van der Waals surface area (Å²) in [7, 11) is 0. The van der Waals surface area contributed by atoms with Gasteiger partial charge in [0, 0.05) is 34.1 Å². The summed E-state index contributed by atoms with van der Waals surface area (Å²) < 4.78 is 59.5. The molecule has 2 heterocycles. The number of carbonyl (C=O) groups is 1. The Hall–Kier alpha value is -3.52. The number of halogens is 5. The second-order valence-electron chi connectivity index (χ2n) is 6.51. The molecule has 0 unspecified atom stereocenters. The Morgan fingerprint density at radius 3 is 2.52 bits per heavy atom. The number of hydrogen-bond acceptors (Lipinski definition) is 4. The van der Waals surface area contributed by atoms with Crippen molar-refractivity contribution in [3.05, 3.63) is 94.5 Å². The molecule has 156 valence electrons. The number of nitrogens with zero attached hydrogens (tertiary/aromatic N) is 2. The molecule has 0 saturated carbocycles. The number of rotatable bonds is 4. The van der Waals surface area contributed by atoms with Crippen LogP contribution in [0, 0.1) is 5.82 Å². The summed E-state index contributed by atoms with van der Waals surface area (Å²) in [6.45, 7) is 0. The minimum Gasteiger partial charge on any atom is -0.355 e. The van der Waals surface area contributed by atoms with Gasteiger partial charge in [-0.1, -0.05) is 28.9 Å². The monoisotopic (exact) mass is 446 g/mol. The fourth-order valence-electron chi connectivity index (χ4n) is 3.04. The van der Waals surface area contributed by atoms with Crippen LogP contribution in [-0.2, 0) is 6.18 Å². The first-order valence-electron chi connectivity index (χ1n) is 8.83. The molecule has 9 heteroatoms. The van der Waals surface area contributed by atoms with E-state index in [-0.39, 0.29) is 22.6 Å². The first kappa shape index (κ1) is 20.7. The zero-order valence-corrected chi connectivity index (χ0v) is 16.2. The maximum absolute atomic E-state index is 14.6. The number of alkyl halides is 3. The lowest BCUT2D eigenvalue weighted by Gasteiger charge is -2.10. The third kappa shape index (κ3) is 4.06. The number of carbonyl (C=O) groups excluding carboxylic acids is 1. The predicted octanol–water partition coefficient (Wildman–Crippen LogP) is 6.45. The molecule has 2 aromatic heterocycles. The van der Waals surface area contributed by atoms with Gasteiger partial charge in [0.05, 0.1) is 11.1 Å². The van der Waals surface area contributed by atoms with Crippen LogP contribution in [0.2, 0.25) is 5.02 Å². The van der Waals surface area contributed by atoms with Crippen LogP contribution in [0.4, 0.5) is 17.6 Å². The third-order valence-electron chi connectivity index (χ3n) is 4.48. The van der Waals surface area contributed by atoms with Crippen LogP contribution in [0.25, 0.3) is 22.6 Å². The number of benzene rings is 2. The molecular formula is C22H11ClF4N2O2. The lowest BCUT2D eigenvalue weighted by molar-refractivity contribution is -0.137. The van der Waals surface area contributed by atoms with E-state index in [1.165, 1.54) is 30.6 Å². The molecule has 4 aromatic rings. The predicted molar refractivity (Wildman–Crippen MR) is 105 cm³/mol. The average molecular weight is 447 g/mol. The first-order valence-corrected chi connectivity index (χ1v) is 9.21. The quantitative estimate of drug-likeness (QED) is 0.267. The van der Waals surface area contributed by atoms with Crippen LogP contribution in [0.15, 0.2) is 71.5 Å². The van der Waals surface area contributed by atoms with Gasteiger partial charge in [-0.2, -0.15) is 13.2 Å². The van der Waals surface area contributed by atoms with Gasteiger partial charge < -0.3 is 4.52 Å². The van der Waals surface area contributed by atoms with Gasteiger partial charge in [-0.3, -0.25) is 9.78 Å². The smallest absolute Gasteiger partial charge is 0.355 e. The van der Waals surface area contributed by atoms with Crippen molar-refractivity contribution in [1.82, 2.24) is 10.1 Å². The normalized spacial score (nSPS) is 11.5. The molecule has 0 bridgehead atoms. The highest BCUT2D eigenvalue weighted by molar-refractivity contribution is 6.31. The Morgan fingerprint density at radius 1 is 1.03 bits per heavy atom. The Bertz CT molecular complexity index is 1270. The highest BCUT2D eigenvalue weighted by Gasteiger charge is 2.33. The van der Waals surface area contributed by atoms with Crippen LogP contribution in [0.3, 0.4) is 0 Å². The van der Waals surface area contributed by atoms with Crippen molar-refractivity contribution in [3.63, 3.8) is 0 Å². The fraction of sp³-hybridized carbons (Fsp3) is 0.0455. The van der Waals surface area contributed by atoms with Crippen LogP contribution < -0.4 is 0 Å². The Labute approximate surface area is 178 Å². The largest absolute Gasteiger partial charge is 0.416 e. The number of hydrogen-bond donors (Lipinski definition) is 0. The Balaban J connectivity index is 1.97. The molecule has 0 atom stereocenters. The number of ketones is 1. The molecule has 0 saturated heterocycles. The van der Waals surface area contributed by atoms with Gasteiger partial charge in [-0.05, 0) is 42.5 Å². The first-order chi connectivity index (χ1) is 14.8. The minimum atomic E-state index is -4.71. The Morgan fingerprint density at radius 2 is 1.84 bits per heavy atom. The summed E-state index contributed by atoms with van der Waals surface area (Å²) in [5, 5.41) is 4.09. The molecule has 31 heavy (non-hydrogen) atoms. The lowest BCUT2D eigenvalue weighted by Crippen LogP contribution is -2.07. The van der Waals surface area contributed by atoms with E-state index in [1.54, 1.807) is 18.2 Å². The second kappa shape index (κ2) is 7.96. The van der Waals surface area contributed by atoms with Crippen LogP contribution in [0.5, 0.6) is 0 Å². The zero-order valence-electron chi connectivity index (χ0n) is 15.5. The molecule has 4 nitrogen and oxygen atoms in total. The lowest BCUT2D eigenvalue weighted by atomic mass is 9.95. The van der Waals surface area contributed by atoms with Crippen molar-refractivity contribution in [1.29, 1.82) is 0 Å². The van der Waals surface area contributed by atoms with E-state index < -0.39 is 28.9 Å². The van der Waals surface area contributed by atoms with E-state index in [2.05, 4.69) is 10.1 Å². The highest BCUT2D eigenvalue weighted by Crippen LogP contribution is 2.38. The molecule has 0 N–H and O–H groups in total. The van der Waals surface area contributed by atoms with Gasteiger partial charge in [0.25, 0.3) is 0 Å². The van der Waals surface area contributed by atoms with Crippen molar-refractivity contribution in [3.8, 4) is 22.6 Å². The van der Waals surface area contributed by atoms with E-state index in [4.69, 9.17) is 16.1 Å². The van der Waals surface area contributed by atoms with Crippen molar-refractivity contribution in [2.75, 3.05) is 0 Å². The van der Waals surface area contributed by atoms with Crippen LogP contribution in [-0.4, -0.2) is 15.9 Å². The maximum atomic E-state index is 14.6. The molecule has 4 rings (SSSR count). The molecule has 0 radical (unpaired) electrons. The number of pyridine rings is 1. The minimum absolute atomic E-state index is 0.0526. The van der Waals surface area contributed by atoms with E-state index in [0.717, 1.165) is 0 Å². The van der Waals surface area contributed by atoms with Gasteiger partial charge in [0.15, 0.2) is 5.76 Å². The number of aromatic nitrogens is 2. The molecule has 0 fully saturated rings. The van der Waals surface area contributed by atoms with Gasteiger partial charge in [-0.25, -0.2) is 4.39 Å². The Kier molecular flexibility index (Phi) is 5.32. The highest BCUT2D eigenvalue weighted by atomic mass is 35.5. The van der Waals surface area contributed by atoms with Gasteiger partial charge in [-0.15, -0.1) is 0 Å². The van der Waals surface area contributed by atoms with Crippen molar-refractivity contribution < 1.29 is 26.9 Å². The van der Waals surface area contributed by atoms with Crippen molar-refractivity contribution >= 4 is 17.4 Å². The van der Waals surface area contributed by atoms with E-state index >= 15 is 0 Å². The van der Waals surface area contributed by atoms with Crippen LogP contribution >= 0.6 is 11.6 Å². The maximum Gasteiger partial charge on any atom is 0.416 e. The molecular weight excluding hydrogens is 436 g/mol. The van der Waals surface area contributed by atoms with Crippen LogP contribution in [0.1, 0.15) is 21.5 Å². The molecule has 0 aliphatic heterocycles. The van der Waals surface area contributed by atoms with Crippen molar-refractivity contribution in [2.45, 2.75) is 6.18 Å². The summed E-state index contributed by atoms with van der Waals surface area (Å²) >= 11 is 6.02. The van der Waals surface area contributed by atoms with E-state index in [9.17, 15) is 22.4 Å². The summed E-state index contributed by atoms with van der Waals surface area (Å²) in [4.78, 5) is 17.1. The van der Waals surface area contributed by atoms with E-state index in [1.807, 2.05) is 0 Å². The summed E-state index contributed by atoms with van der Waals surface area (Å²) in [5.74, 6) is -1.68. The SMILES string of the molecule is O=C(c1cccnc1)c1c(-c2cc(C(F)(F)F)ccc2F)noc1-c1cccc(Cl)c1. The fourth-order valence-corrected chi connectivity index (χ4v) is 3.23. The van der Waals surface area contributed by atoms with Gasteiger partial charge in [0.1, 0.15) is 11.5 Å². The average Bonchev–Trinajstić information content (AvgIpc) is 3.18. The molecule has 0 amide bonds. The standard InChI is InChI=1S/C22H11ClF4N2O2/c23-15-5-1-3-12(9-15)21-18(20(30)13-4-2-8-28-11-13)19(29-31-21)16-10-14(22(25,26)27)6-7-17(16)24/h1-11H. The molecule has 2 aromatic carbocycles. The molecule has 0 spiro atoms. The summed E-state index contributed by atoms with van der Waals surface area (Å²) in [6.07, 6.45) is -1.98. The second-order valence-corrected chi connectivity index (χ2v) is 6.95. The summed E-state index contributed by atoms with van der Waals surface area (Å²) in [5.41, 5.74) is -1.68. The molecule has 0 aliphatic rings. The van der Waals surface area contributed by atoms with Crippen molar-refractivity contribution in [2.24, 2.45) is 0 Å². The van der Waals surface area contributed by atoms with Gasteiger partial charge >= 0.3 is 6.18 Å². The topological polar surface area (TPSA) is 56.0 Å². The van der Waals surface area contributed by atoms with E-state index in [0.29, 0.717) is 28.8 Å². The van der Waals surface area contributed by atoms with Gasteiger partial charge in [0.2, 0.25) is 5.78 Å². The zero-order chi connectivity index (χ0) is 22.2. The molecule has 0 aliphatic carbocycles. The third-order valence-corrected chi connectivity index (χ3v) is 4.71. The summed E-state index contributed by atoms with van der Waals surface area (Å²) in [6, 6.07) is 11.1.